The molecule has 0 saturated carbocycles. The minimum atomic E-state index is -0.896. The van der Waals surface area contributed by atoms with E-state index in [4.69, 9.17) is 22.1 Å². The van der Waals surface area contributed by atoms with Gasteiger partial charge in [-0.25, -0.2) is 18.2 Å². The van der Waals surface area contributed by atoms with Crippen LogP contribution in [0, 0.1) is 45.6 Å². The van der Waals surface area contributed by atoms with Gasteiger partial charge in [-0.3, -0.25) is 9.69 Å². The molecule has 2 aromatic carbocycles. The largest absolute Gasteiger partial charge is 0.476 e. The molecule has 2 unspecified atom stereocenters. The Balaban J connectivity index is 1.18. The molecule has 10 nitrogen and oxygen atoms in total. The van der Waals surface area contributed by atoms with Crippen LogP contribution < -0.4 is 20.7 Å². The molecule has 0 radical (unpaired) electrons. The summed E-state index contributed by atoms with van der Waals surface area (Å²) in [6.07, 6.45) is 2.97. The molecule has 3 N–H and O–H groups in total. The Morgan fingerprint density at radius 3 is 2.72 bits per heavy atom. The number of carbonyl (C=O) groups excluding carboxylic acids is 1. The van der Waals surface area contributed by atoms with Crippen molar-refractivity contribution in [3.63, 3.8) is 0 Å². The van der Waals surface area contributed by atoms with E-state index in [9.17, 15) is 19.7 Å². The predicted octanol–water partition coefficient (Wildman–Crippen LogP) is 5.98. The molecule has 0 aliphatic carbocycles. The fourth-order valence-corrected chi connectivity index (χ4v) is 10.5. The van der Waals surface area contributed by atoms with Crippen molar-refractivity contribution < 1.29 is 22.7 Å². The van der Waals surface area contributed by atoms with Crippen LogP contribution in [0.25, 0.3) is 32.1 Å². The fourth-order valence-electron chi connectivity index (χ4n) is 9.30. The number of amides is 1. The van der Waals surface area contributed by atoms with Crippen molar-refractivity contribution >= 4 is 60.5 Å². The Morgan fingerprint density at radius 1 is 1.17 bits per heavy atom. The molecule has 4 aromatic rings. The van der Waals surface area contributed by atoms with E-state index in [0.29, 0.717) is 56.8 Å². The summed E-state index contributed by atoms with van der Waals surface area (Å²) in [5.74, 6) is -1.32. The van der Waals surface area contributed by atoms with E-state index >= 15 is 8.78 Å². The molecule has 1 spiro atoms. The lowest BCUT2D eigenvalue weighted by Crippen LogP contribution is -2.63. The summed E-state index contributed by atoms with van der Waals surface area (Å²) in [7, 11) is 0. The first-order valence-electron chi connectivity index (χ1n) is 18.0. The zero-order valence-electron chi connectivity index (χ0n) is 28.7. The van der Waals surface area contributed by atoms with E-state index in [1.54, 1.807) is 6.07 Å². The van der Waals surface area contributed by atoms with Crippen LogP contribution in [0.4, 0.5) is 23.9 Å². The van der Waals surface area contributed by atoms with Gasteiger partial charge in [-0.1, -0.05) is 24.1 Å². The number of rotatable bonds is 6. The Labute approximate surface area is 312 Å². The Kier molecular flexibility index (Phi) is 8.38. The molecular weight excluding hydrogens is 725 g/mol. The van der Waals surface area contributed by atoms with Crippen LogP contribution in [0.3, 0.4) is 0 Å². The molecule has 5 fully saturated rings. The first-order chi connectivity index (χ1) is 25.6. The maximum absolute atomic E-state index is 17.3. The van der Waals surface area contributed by atoms with Gasteiger partial charge in [0.2, 0.25) is 11.8 Å². The SMILES string of the molecule is N#Cc1c(OCC2CCN3C[C@H](F)CC23)nc2c(F)c(-c3ccc(F)c4sc(N)c(C#N)c34)c(Cl)cc2c1N1CCCCC2(CN(C(=O)[C@@H]3CN3)C2)C1. The summed E-state index contributed by atoms with van der Waals surface area (Å²) >= 11 is 7.87. The number of ether oxygens (including phenoxy) is 1. The Morgan fingerprint density at radius 2 is 1.96 bits per heavy atom. The third-order valence-electron chi connectivity index (χ3n) is 11.9. The van der Waals surface area contributed by atoms with Crippen LogP contribution in [0.15, 0.2) is 18.2 Å². The molecule has 274 valence electrons. The number of hydrogen-bond acceptors (Lipinski definition) is 10. The summed E-state index contributed by atoms with van der Waals surface area (Å²) in [6, 6.07) is 8.42. The molecule has 0 bridgehead atoms. The maximum Gasteiger partial charge on any atom is 0.241 e. The van der Waals surface area contributed by atoms with Crippen molar-refractivity contribution in [3.8, 4) is 29.1 Å². The quantitative estimate of drug-likeness (QED) is 0.227. The van der Waals surface area contributed by atoms with Gasteiger partial charge >= 0.3 is 0 Å². The number of fused-ring (bicyclic) bond motifs is 3. The number of nitrogens with one attached hydrogen (secondary N) is 1. The highest BCUT2D eigenvalue weighted by molar-refractivity contribution is 7.23. The van der Waals surface area contributed by atoms with Crippen LogP contribution in [0.1, 0.15) is 43.2 Å². The van der Waals surface area contributed by atoms with E-state index in [-0.39, 0.29) is 89.7 Å². The second kappa shape index (κ2) is 12.9. The first-order valence-corrected chi connectivity index (χ1v) is 19.2. The maximum atomic E-state index is 17.3. The number of thiophene rings is 1. The van der Waals surface area contributed by atoms with E-state index in [1.165, 1.54) is 12.1 Å². The van der Waals surface area contributed by atoms with Gasteiger partial charge in [0, 0.05) is 73.0 Å². The molecule has 4 atom stereocenters. The van der Waals surface area contributed by atoms with Gasteiger partial charge in [0.25, 0.3) is 0 Å². The van der Waals surface area contributed by atoms with E-state index in [0.717, 1.165) is 43.6 Å². The van der Waals surface area contributed by atoms with Crippen molar-refractivity contribution in [2.24, 2.45) is 11.3 Å². The standard InChI is InChI=1S/C38H36ClF3N8O2S/c39-25-10-22-32(31(42)30(25)21-3-4-26(41)34-29(21)23(11-43)35(45)53-34)47-36(52-15-19-5-8-48-14-20(40)9-28(19)48)24(12-44)33(22)49-7-2-1-6-38(16-49)17-50(18-38)37(51)27-13-46-27/h3-4,10,19-20,27-28,46H,1-2,5-9,13-18,45H2/t19?,20-,27+,28?/m1/s1. The number of anilines is 2. The van der Waals surface area contributed by atoms with Crippen LogP contribution >= 0.6 is 22.9 Å². The molecule has 2 aromatic heterocycles. The van der Waals surface area contributed by atoms with Crippen molar-refractivity contribution in [2.75, 3.05) is 63.1 Å². The molecule has 5 aliphatic heterocycles. The molecule has 9 rings (SSSR count). The third kappa shape index (κ3) is 5.65. The highest BCUT2D eigenvalue weighted by atomic mass is 35.5. The zero-order valence-corrected chi connectivity index (χ0v) is 30.3. The van der Waals surface area contributed by atoms with Gasteiger partial charge in [0.1, 0.15) is 40.2 Å². The van der Waals surface area contributed by atoms with Crippen LogP contribution in [-0.4, -0.2) is 91.4 Å². The zero-order chi connectivity index (χ0) is 36.8. The molecule has 15 heteroatoms. The Hall–Kier alpha value is -4.34. The molecule has 1 amide bonds. The van der Waals surface area contributed by atoms with Gasteiger partial charge < -0.3 is 25.6 Å². The van der Waals surface area contributed by atoms with Gasteiger partial charge in [-0.05, 0) is 49.9 Å². The highest BCUT2D eigenvalue weighted by Crippen LogP contribution is 2.49. The number of nitrogens with two attached hydrogens (primary N) is 1. The van der Waals surface area contributed by atoms with Crippen LogP contribution in [0.2, 0.25) is 5.02 Å². The number of likely N-dealkylation sites (tertiary alicyclic amines) is 1. The van der Waals surface area contributed by atoms with Gasteiger partial charge in [0.05, 0.1) is 33.6 Å². The fraction of sp³-hybridized carbons (Fsp3) is 0.474. The molecule has 5 saturated heterocycles. The number of hydrogen-bond donors (Lipinski definition) is 2. The number of halogens is 4. The normalized spacial score (nSPS) is 24.9. The minimum absolute atomic E-state index is 0.00730. The molecule has 5 aliphatic rings. The second-order valence-electron chi connectivity index (χ2n) is 15.2. The lowest BCUT2D eigenvalue weighted by molar-refractivity contribution is -0.142. The summed E-state index contributed by atoms with van der Waals surface area (Å²) in [4.78, 5) is 23.7. The second-order valence-corrected chi connectivity index (χ2v) is 16.7. The summed E-state index contributed by atoms with van der Waals surface area (Å²) in [5.41, 5.74) is 6.56. The van der Waals surface area contributed by atoms with Gasteiger partial charge in [0.15, 0.2) is 5.82 Å². The average Bonchev–Trinajstić information content (AvgIpc) is 3.77. The summed E-state index contributed by atoms with van der Waals surface area (Å²) in [5, 5.41) is 24.4. The predicted molar refractivity (Wildman–Crippen MR) is 197 cm³/mol. The highest BCUT2D eigenvalue weighted by Gasteiger charge is 2.50. The summed E-state index contributed by atoms with van der Waals surface area (Å²) < 4.78 is 53.2. The van der Waals surface area contributed by atoms with E-state index in [2.05, 4.69) is 26.2 Å². The van der Waals surface area contributed by atoms with Crippen molar-refractivity contribution in [1.29, 1.82) is 10.5 Å². The number of aromatic nitrogens is 1. The van der Waals surface area contributed by atoms with Crippen molar-refractivity contribution in [1.82, 2.24) is 20.1 Å². The molecular formula is C38H36ClF3N8O2S. The summed E-state index contributed by atoms with van der Waals surface area (Å²) in [6.45, 7) is 4.31. The lowest BCUT2D eigenvalue weighted by Gasteiger charge is -2.51. The van der Waals surface area contributed by atoms with Crippen LogP contribution in [0.5, 0.6) is 5.88 Å². The minimum Gasteiger partial charge on any atom is -0.476 e. The smallest absolute Gasteiger partial charge is 0.241 e. The topological polar surface area (TPSA) is 144 Å². The van der Waals surface area contributed by atoms with Gasteiger partial charge in [-0.15, -0.1) is 11.3 Å². The lowest BCUT2D eigenvalue weighted by atomic mass is 9.75. The van der Waals surface area contributed by atoms with Crippen molar-refractivity contribution in [2.45, 2.75) is 50.4 Å². The number of pyridine rings is 1. The van der Waals surface area contributed by atoms with Crippen LogP contribution in [-0.2, 0) is 4.79 Å². The number of nitriles is 2. The monoisotopic (exact) mass is 760 g/mol. The molecule has 7 heterocycles. The number of alkyl halides is 1. The Bertz CT molecular complexity index is 2280. The number of carbonyl (C=O) groups is 1. The number of benzene rings is 2. The average molecular weight is 761 g/mol. The van der Waals surface area contributed by atoms with Crippen molar-refractivity contribution in [3.05, 3.63) is 46.0 Å². The number of nitrogens with zero attached hydrogens (tertiary/aromatic N) is 6. The number of nitrogen functional groups attached to an aromatic ring is 1. The van der Waals surface area contributed by atoms with E-state index < -0.39 is 17.8 Å². The third-order valence-corrected chi connectivity index (χ3v) is 13.2. The van der Waals surface area contributed by atoms with Gasteiger partial charge in [-0.2, -0.15) is 10.5 Å². The van der Waals surface area contributed by atoms with E-state index in [1.807, 2.05) is 11.0 Å². The first kappa shape index (κ1) is 34.4. The molecule has 53 heavy (non-hydrogen) atoms.